The lowest BCUT2D eigenvalue weighted by atomic mass is 9.79. The number of methoxy groups -OCH3 is 2. The maximum atomic E-state index is 13.8. The fourth-order valence-electron chi connectivity index (χ4n) is 2.96. The lowest BCUT2D eigenvalue weighted by Crippen LogP contribution is -2.30. The van der Waals surface area contributed by atoms with E-state index in [2.05, 4.69) is 31.9 Å². The molecule has 0 fully saturated rings. The molecule has 0 saturated carbocycles. The van der Waals surface area contributed by atoms with E-state index in [1.54, 1.807) is 42.5 Å². The Balaban J connectivity index is 0.000000305. The van der Waals surface area contributed by atoms with Crippen molar-refractivity contribution in [2.75, 3.05) is 14.2 Å². The number of ether oxygens (including phenoxy) is 2. The third kappa shape index (κ3) is 11.2. The first-order valence-electron chi connectivity index (χ1n) is 10.6. The minimum atomic E-state index is -1.53. The summed E-state index contributed by atoms with van der Waals surface area (Å²) in [5.41, 5.74) is 1.48. The molecule has 2 N–H and O–H groups in total. The van der Waals surface area contributed by atoms with Gasteiger partial charge in [0.2, 0.25) is 0 Å². The van der Waals surface area contributed by atoms with E-state index in [1.807, 2.05) is 28.7 Å². The van der Waals surface area contributed by atoms with Crippen LogP contribution in [0.15, 0.2) is 81.7 Å². The summed E-state index contributed by atoms with van der Waals surface area (Å²) in [6.45, 7) is 0. The predicted octanol–water partition coefficient (Wildman–Crippen LogP) is 8.59. The Bertz CT molecular complexity index is 1380. The summed E-state index contributed by atoms with van der Waals surface area (Å²) in [6.07, 6.45) is 0. The van der Waals surface area contributed by atoms with Gasteiger partial charge in [0, 0.05) is 39.2 Å². The van der Waals surface area contributed by atoms with E-state index in [-0.39, 0.29) is 19.1 Å². The van der Waals surface area contributed by atoms with Gasteiger partial charge in [-0.25, -0.2) is 8.78 Å². The van der Waals surface area contributed by atoms with E-state index >= 15 is 0 Å². The Morgan fingerprint density at radius 1 is 0.718 bits per heavy atom. The second-order valence-electron chi connectivity index (χ2n) is 7.29. The van der Waals surface area contributed by atoms with Crippen LogP contribution in [0.1, 0.15) is 0 Å². The number of benzene rings is 4. The molecule has 0 heterocycles. The lowest BCUT2D eigenvalue weighted by molar-refractivity contribution is 0.403. The smallest absolute Gasteiger partial charge is 0.492 e. The van der Waals surface area contributed by atoms with Crippen LogP contribution in [0, 0.1) is 22.6 Å². The van der Waals surface area contributed by atoms with Crippen molar-refractivity contribution in [2.24, 2.45) is 0 Å². The number of rotatable bonds is 4. The van der Waals surface area contributed by atoms with Crippen molar-refractivity contribution in [3.8, 4) is 22.6 Å². The van der Waals surface area contributed by atoms with E-state index < -0.39 is 7.12 Å². The van der Waals surface area contributed by atoms with Gasteiger partial charge < -0.3 is 26.9 Å². The molecule has 0 aromatic heterocycles. The van der Waals surface area contributed by atoms with Gasteiger partial charge in [-0.2, -0.15) is 0 Å². The molecule has 12 heteroatoms. The number of halogens is 7. The molecule has 0 atom stereocenters. The standard InChI is InChI=1S/C13H9BrClFO.C7H8BClO3.C6H3BrFI.CH3/c1-17-13-7-9(15)3-5-11(13)10-4-2-8(14)6-12(10)16;1-12-7-4-5(9)2-3-6(7)8(10)11;7-4-1-2-6(9)5(8)3-4;/h2-7H,1H3;2-4,10-11H,1H3;1-3H;1H3/q;;;-1. The average molecular weight is 818 g/mol. The highest BCUT2D eigenvalue weighted by Gasteiger charge is 2.16. The molecule has 208 valence electrons. The van der Waals surface area contributed by atoms with Crippen LogP contribution in [0.2, 0.25) is 10.0 Å². The molecule has 0 aliphatic carbocycles. The Morgan fingerprint density at radius 2 is 1.21 bits per heavy atom. The minimum Gasteiger partial charge on any atom is -0.497 e. The van der Waals surface area contributed by atoms with Gasteiger partial charge in [-0.1, -0.05) is 67.2 Å². The fourth-order valence-corrected chi connectivity index (χ4v) is 4.29. The fraction of sp³-hybridized carbons (Fsp3) is 0.0741. The van der Waals surface area contributed by atoms with Gasteiger partial charge in [0.05, 0.1) is 14.2 Å². The summed E-state index contributed by atoms with van der Waals surface area (Å²) in [4.78, 5) is 0. The third-order valence-electron chi connectivity index (χ3n) is 4.74. The molecule has 39 heavy (non-hydrogen) atoms. The molecule has 0 radical (unpaired) electrons. The molecule has 4 rings (SSSR count). The Hall–Kier alpha value is -1.41. The second-order valence-corrected chi connectivity index (χ2v) is 11.2. The van der Waals surface area contributed by atoms with Crippen molar-refractivity contribution < 1.29 is 28.3 Å². The Morgan fingerprint density at radius 3 is 1.69 bits per heavy atom. The van der Waals surface area contributed by atoms with Gasteiger partial charge >= 0.3 is 7.12 Å². The monoisotopic (exact) mass is 815 g/mol. The molecule has 4 nitrogen and oxygen atoms in total. The molecular formula is C27H23BBr2Cl2F2IO4-. The molecule has 0 spiro atoms. The van der Waals surface area contributed by atoms with E-state index in [0.717, 1.165) is 4.47 Å². The molecule has 0 aliphatic heterocycles. The highest BCUT2D eigenvalue weighted by Crippen LogP contribution is 2.34. The predicted molar refractivity (Wildman–Crippen MR) is 172 cm³/mol. The SMILES string of the molecule is COc1cc(Cl)ccc1-c1ccc(Br)cc1F.COc1cc(Cl)ccc1B(O)O.Fc1cc(Br)ccc1I.[CH3-]. The van der Waals surface area contributed by atoms with Gasteiger partial charge in [0.25, 0.3) is 0 Å². The molecule has 0 saturated heterocycles. The molecule has 4 aromatic carbocycles. The van der Waals surface area contributed by atoms with Crippen LogP contribution in [0.25, 0.3) is 11.1 Å². The van der Waals surface area contributed by atoms with Crippen molar-refractivity contribution >= 4 is 90.2 Å². The van der Waals surface area contributed by atoms with Crippen LogP contribution >= 0.6 is 77.7 Å². The van der Waals surface area contributed by atoms with Gasteiger partial charge in [0.15, 0.2) is 0 Å². The zero-order chi connectivity index (χ0) is 28.4. The van der Waals surface area contributed by atoms with Crippen molar-refractivity contribution in [3.63, 3.8) is 0 Å². The van der Waals surface area contributed by atoms with E-state index in [4.69, 9.17) is 42.7 Å². The van der Waals surface area contributed by atoms with Crippen LogP contribution in [0.3, 0.4) is 0 Å². The lowest BCUT2D eigenvalue weighted by Gasteiger charge is -2.10. The highest BCUT2D eigenvalue weighted by atomic mass is 127. The second kappa shape index (κ2) is 17.4. The third-order valence-corrected chi connectivity index (χ3v) is 7.07. The van der Waals surface area contributed by atoms with E-state index in [0.29, 0.717) is 46.2 Å². The van der Waals surface area contributed by atoms with Crippen LogP contribution in [-0.2, 0) is 0 Å². The van der Waals surface area contributed by atoms with Crippen LogP contribution in [0.5, 0.6) is 11.5 Å². The van der Waals surface area contributed by atoms with Crippen molar-refractivity contribution in [1.29, 1.82) is 0 Å². The summed E-state index contributed by atoms with van der Waals surface area (Å²) >= 11 is 19.8. The molecule has 0 unspecified atom stereocenters. The highest BCUT2D eigenvalue weighted by molar-refractivity contribution is 14.1. The average Bonchev–Trinajstić information content (AvgIpc) is 2.87. The first-order chi connectivity index (χ1) is 18.0. The normalized spacial score (nSPS) is 9.72. The quantitative estimate of drug-likeness (QED) is 0.0939. The topological polar surface area (TPSA) is 58.9 Å². The van der Waals surface area contributed by atoms with Gasteiger partial charge in [-0.05, 0) is 83.3 Å². The van der Waals surface area contributed by atoms with Gasteiger partial charge in [0.1, 0.15) is 23.1 Å². The summed E-state index contributed by atoms with van der Waals surface area (Å²) < 4.78 is 38.6. The Labute approximate surface area is 267 Å². The molecule has 0 bridgehead atoms. The first kappa shape index (κ1) is 35.6. The molecular weight excluding hydrogens is 795 g/mol. The number of hydrogen-bond donors (Lipinski definition) is 2. The Kier molecular flexibility index (Phi) is 15.9. The summed E-state index contributed by atoms with van der Waals surface area (Å²) in [5, 5.41) is 18.8. The molecule has 0 aliphatic rings. The molecule has 0 amide bonds. The van der Waals surface area contributed by atoms with E-state index in [9.17, 15) is 8.78 Å². The summed E-state index contributed by atoms with van der Waals surface area (Å²) in [5.74, 6) is 0.446. The first-order valence-corrected chi connectivity index (χ1v) is 14.0. The van der Waals surface area contributed by atoms with Gasteiger partial charge in [-0.3, -0.25) is 0 Å². The molecule has 4 aromatic rings. The maximum Gasteiger partial charge on any atom is 0.492 e. The maximum absolute atomic E-state index is 13.8. The minimum absolute atomic E-state index is 0. The van der Waals surface area contributed by atoms with Gasteiger partial charge in [-0.15, -0.1) is 0 Å². The van der Waals surface area contributed by atoms with E-state index in [1.165, 1.54) is 38.5 Å². The van der Waals surface area contributed by atoms with Crippen LogP contribution in [0.4, 0.5) is 8.78 Å². The zero-order valence-corrected chi connectivity index (χ0v) is 27.7. The van der Waals surface area contributed by atoms with Crippen molar-refractivity contribution in [3.05, 3.63) is 114 Å². The van der Waals surface area contributed by atoms with Crippen molar-refractivity contribution in [1.82, 2.24) is 0 Å². The largest absolute Gasteiger partial charge is 0.497 e. The summed E-state index contributed by atoms with van der Waals surface area (Å²) in [6, 6.07) is 19.6. The summed E-state index contributed by atoms with van der Waals surface area (Å²) in [7, 11) is 1.45. The van der Waals surface area contributed by atoms with Crippen LogP contribution in [-0.4, -0.2) is 31.4 Å². The van der Waals surface area contributed by atoms with Crippen molar-refractivity contribution in [2.45, 2.75) is 0 Å². The number of hydrogen-bond acceptors (Lipinski definition) is 4. The van der Waals surface area contributed by atoms with Crippen LogP contribution < -0.4 is 14.9 Å². The zero-order valence-electron chi connectivity index (χ0n) is 20.9.